The summed E-state index contributed by atoms with van der Waals surface area (Å²) in [6, 6.07) is 11.9. The Morgan fingerprint density at radius 1 is 1.28 bits per heavy atom. The summed E-state index contributed by atoms with van der Waals surface area (Å²) < 4.78 is 12.6. The van der Waals surface area contributed by atoms with Crippen molar-refractivity contribution in [2.75, 3.05) is 13.2 Å². The Kier molecular flexibility index (Phi) is 3.81. The van der Waals surface area contributed by atoms with E-state index in [1.807, 2.05) is 28.8 Å². The molecule has 2 heterocycles. The van der Waals surface area contributed by atoms with E-state index >= 15 is 0 Å². The van der Waals surface area contributed by atoms with Crippen LogP contribution in [0.3, 0.4) is 0 Å². The Bertz CT molecular complexity index is 1010. The van der Waals surface area contributed by atoms with Crippen LogP contribution in [0.5, 0.6) is 5.75 Å². The molecule has 0 unspecified atom stereocenters. The van der Waals surface area contributed by atoms with E-state index < -0.39 is 0 Å². The first kappa shape index (κ1) is 15.5. The Balaban J connectivity index is 1.95. The number of rotatable bonds is 5. The molecule has 0 spiro atoms. The number of carbonyl (C=O) groups is 1. The number of aromatic nitrogens is 1. The fourth-order valence-corrected chi connectivity index (χ4v) is 3.27. The fourth-order valence-electron chi connectivity index (χ4n) is 3.27. The summed E-state index contributed by atoms with van der Waals surface area (Å²) in [7, 11) is 0. The summed E-state index contributed by atoms with van der Waals surface area (Å²) in [5.74, 6) is 0.900. The van der Waals surface area contributed by atoms with Crippen molar-refractivity contribution in [1.29, 1.82) is 5.26 Å². The smallest absolute Gasteiger partial charge is 0.340 e. The average Bonchev–Trinajstić information content (AvgIpc) is 3.42. The Morgan fingerprint density at radius 3 is 2.84 bits per heavy atom. The molecule has 2 aromatic heterocycles. The van der Waals surface area contributed by atoms with Crippen LogP contribution >= 0.6 is 0 Å². The van der Waals surface area contributed by atoms with Crippen LogP contribution in [0, 0.1) is 11.3 Å². The molecular formula is C20H18N2O3. The minimum absolute atomic E-state index is 0.0111. The van der Waals surface area contributed by atoms with Crippen molar-refractivity contribution in [1.82, 2.24) is 4.40 Å². The lowest BCUT2D eigenvalue weighted by Crippen LogP contribution is -2.04. The van der Waals surface area contributed by atoms with Gasteiger partial charge in [0.05, 0.1) is 29.4 Å². The normalized spacial score (nSPS) is 13.8. The van der Waals surface area contributed by atoms with Gasteiger partial charge in [-0.25, -0.2) is 4.79 Å². The topological polar surface area (TPSA) is 63.7 Å². The van der Waals surface area contributed by atoms with Gasteiger partial charge in [-0.3, -0.25) is 0 Å². The van der Waals surface area contributed by atoms with E-state index in [0.717, 1.165) is 16.4 Å². The first-order valence-corrected chi connectivity index (χ1v) is 8.47. The maximum Gasteiger partial charge on any atom is 0.340 e. The number of nitriles is 1. The summed E-state index contributed by atoms with van der Waals surface area (Å²) in [5, 5.41) is 9.59. The van der Waals surface area contributed by atoms with Crippen LogP contribution in [-0.2, 0) is 4.74 Å². The van der Waals surface area contributed by atoms with E-state index in [4.69, 9.17) is 14.7 Å². The van der Waals surface area contributed by atoms with Crippen LogP contribution in [0.2, 0.25) is 0 Å². The summed E-state index contributed by atoms with van der Waals surface area (Å²) in [4.78, 5) is 12.5. The molecular weight excluding hydrogens is 316 g/mol. The van der Waals surface area contributed by atoms with E-state index in [9.17, 15) is 4.79 Å². The largest absolute Gasteiger partial charge is 0.477 e. The van der Waals surface area contributed by atoms with Crippen molar-refractivity contribution in [3.8, 4) is 11.8 Å². The predicted molar refractivity (Wildman–Crippen MR) is 93.9 cm³/mol. The average molecular weight is 334 g/mol. The minimum Gasteiger partial charge on any atom is -0.477 e. The van der Waals surface area contributed by atoms with Gasteiger partial charge in [-0.05, 0) is 49.4 Å². The van der Waals surface area contributed by atoms with E-state index in [0.29, 0.717) is 23.8 Å². The van der Waals surface area contributed by atoms with Crippen LogP contribution in [-0.4, -0.2) is 23.6 Å². The second-order valence-electron chi connectivity index (χ2n) is 6.21. The van der Waals surface area contributed by atoms with Gasteiger partial charge in [0.15, 0.2) is 6.61 Å². The third-order valence-electron chi connectivity index (χ3n) is 4.56. The Labute approximate surface area is 145 Å². The number of esters is 1. The second-order valence-corrected chi connectivity index (χ2v) is 6.21. The molecule has 0 radical (unpaired) electrons. The lowest BCUT2D eigenvalue weighted by atomic mass is 10.1. The van der Waals surface area contributed by atoms with Gasteiger partial charge in [0.2, 0.25) is 0 Å². The van der Waals surface area contributed by atoms with Crippen molar-refractivity contribution in [3.63, 3.8) is 0 Å². The lowest BCUT2D eigenvalue weighted by molar-refractivity contribution is 0.0531. The predicted octanol–water partition coefficient (Wildman–Crippen LogP) is 4.05. The monoisotopic (exact) mass is 334 g/mol. The minimum atomic E-state index is -0.320. The number of carbonyl (C=O) groups excluding carboxylic acids is 1. The molecule has 126 valence electrons. The quantitative estimate of drug-likeness (QED) is 0.660. The first-order chi connectivity index (χ1) is 12.2. The number of benzene rings is 1. The molecule has 4 rings (SSSR count). The van der Waals surface area contributed by atoms with E-state index in [2.05, 4.69) is 12.1 Å². The second kappa shape index (κ2) is 6.14. The van der Waals surface area contributed by atoms with Gasteiger partial charge in [-0.15, -0.1) is 0 Å². The molecule has 0 aliphatic heterocycles. The number of pyridine rings is 1. The number of hydrogen-bond donors (Lipinski definition) is 0. The zero-order valence-electron chi connectivity index (χ0n) is 14.0. The number of nitrogens with zero attached hydrogens (tertiary/aromatic N) is 2. The summed E-state index contributed by atoms with van der Waals surface area (Å²) in [6.07, 6.45) is 4.26. The highest BCUT2D eigenvalue weighted by atomic mass is 16.5. The first-order valence-electron chi connectivity index (χ1n) is 8.47. The van der Waals surface area contributed by atoms with Crippen molar-refractivity contribution >= 4 is 22.4 Å². The van der Waals surface area contributed by atoms with E-state index in [1.54, 1.807) is 13.0 Å². The maximum absolute atomic E-state index is 12.5. The molecule has 1 aliphatic carbocycles. The molecule has 5 nitrogen and oxygen atoms in total. The van der Waals surface area contributed by atoms with Crippen LogP contribution in [0.4, 0.5) is 0 Å². The Morgan fingerprint density at radius 2 is 2.12 bits per heavy atom. The van der Waals surface area contributed by atoms with E-state index in [-0.39, 0.29) is 12.6 Å². The van der Waals surface area contributed by atoms with Crippen LogP contribution < -0.4 is 4.74 Å². The molecule has 1 saturated carbocycles. The summed E-state index contributed by atoms with van der Waals surface area (Å²) >= 11 is 0. The molecule has 3 aromatic rings. The van der Waals surface area contributed by atoms with Gasteiger partial charge in [-0.2, -0.15) is 5.26 Å². The number of ether oxygens (including phenoxy) is 2. The highest BCUT2D eigenvalue weighted by Crippen LogP contribution is 2.42. The number of hydrogen-bond acceptors (Lipinski definition) is 4. The van der Waals surface area contributed by atoms with Gasteiger partial charge < -0.3 is 13.9 Å². The van der Waals surface area contributed by atoms with Crippen LogP contribution in [0.25, 0.3) is 16.4 Å². The van der Waals surface area contributed by atoms with Gasteiger partial charge in [0.25, 0.3) is 0 Å². The van der Waals surface area contributed by atoms with E-state index in [1.165, 1.54) is 18.4 Å². The maximum atomic E-state index is 12.5. The molecule has 5 heteroatoms. The van der Waals surface area contributed by atoms with Crippen LogP contribution in [0.1, 0.15) is 41.6 Å². The van der Waals surface area contributed by atoms with Crippen molar-refractivity contribution in [2.45, 2.75) is 25.7 Å². The molecule has 25 heavy (non-hydrogen) atoms. The zero-order chi connectivity index (χ0) is 17.4. The van der Waals surface area contributed by atoms with Crippen molar-refractivity contribution in [2.24, 2.45) is 0 Å². The Hall–Kier alpha value is -3.00. The molecule has 1 aliphatic rings. The third kappa shape index (κ3) is 2.70. The molecule has 0 atom stereocenters. The molecule has 0 N–H and O–H groups in total. The summed E-state index contributed by atoms with van der Waals surface area (Å²) in [6.45, 7) is 2.13. The van der Waals surface area contributed by atoms with Crippen molar-refractivity contribution < 1.29 is 14.3 Å². The lowest BCUT2D eigenvalue weighted by Gasteiger charge is -2.05. The van der Waals surface area contributed by atoms with Crippen molar-refractivity contribution in [3.05, 3.63) is 47.7 Å². The zero-order valence-corrected chi connectivity index (χ0v) is 14.0. The standard InChI is InChI=1S/C20H18N2O3/c1-2-24-20(23)19-16-7-5-14(13-3-4-13)11-18(16)22-12-15(25-10-9-21)6-8-17(19)22/h5-8,11-13H,2-4,10H2,1H3. The molecule has 0 amide bonds. The van der Waals surface area contributed by atoms with Gasteiger partial charge >= 0.3 is 5.97 Å². The highest BCUT2D eigenvalue weighted by molar-refractivity contribution is 6.11. The molecule has 1 aromatic carbocycles. The highest BCUT2D eigenvalue weighted by Gasteiger charge is 2.26. The van der Waals surface area contributed by atoms with Gasteiger partial charge in [-0.1, -0.05) is 12.1 Å². The fraction of sp³-hybridized carbons (Fsp3) is 0.300. The molecule has 1 fully saturated rings. The van der Waals surface area contributed by atoms with Crippen LogP contribution in [0.15, 0.2) is 36.5 Å². The van der Waals surface area contributed by atoms with Gasteiger partial charge in [0.1, 0.15) is 11.8 Å². The number of fused-ring (bicyclic) bond motifs is 3. The third-order valence-corrected chi connectivity index (χ3v) is 4.56. The van der Waals surface area contributed by atoms with Gasteiger partial charge in [0, 0.05) is 5.39 Å². The SMILES string of the molecule is CCOC(=O)c1c2ccc(C3CC3)cc2n2cc(OCC#N)ccc12. The molecule has 0 bridgehead atoms. The summed E-state index contributed by atoms with van der Waals surface area (Å²) in [5.41, 5.74) is 3.62. The molecule has 0 saturated heterocycles.